The SMILES string of the molecule is O=C(NCc1cc(Br)cs1)C1CCCN(C(=O)c2ccc(Cl)c(Cl)c2)C1. The molecule has 26 heavy (non-hydrogen) atoms. The van der Waals surface area contributed by atoms with E-state index < -0.39 is 0 Å². The number of benzene rings is 1. The highest BCUT2D eigenvalue weighted by molar-refractivity contribution is 9.10. The molecule has 1 aromatic heterocycles. The third kappa shape index (κ3) is 4.80. The fourth-order valence-electron chi connectivity index (χ4n) is 2.95. The van der Waals surface area contributed by atoms with Crippen molar-refractivity contribution >= 4 is 62.3 Å². The van der Waals surface area contributed by atoms with E-state index in [0.717, 1.165) is 22.2 Å². The Morgan fingerprint density at radius 1 is 1.27 bits per heavy atom. The van der Waals surface area contributed by atoms with Gasteiger partial charge in [-0.3, -0.25) is 9.59 Å². The number of rotatable bonds is 4. The molecule has 1 aliphatic rings. The zero-order valence-electron chi connectivity index (χ0n) is 13.8. The van der Waals surface area contributed by atoms with Crippen molar-refractivity contribution in [1.82, 2.24) is 10.2 Å². The minimum atomic E-state index is -0.195. The van der Waals surface area contributed by atoms with Gasteiger partial charge in [0.05, 0.1) is 22.5 Å². The molecule has 1 aliphatic heterocycles. The average molecular weight is 476 g/mol. The highest BCUT2D eigenvalue weighted by atomic mass is 79.9. The third-order valence-electron chi connectivity index (χ3n) is 4.30. The maximum absolute atomic E-state index is 12.7. The molecule has 3 rings (SSSR count). The fourth-order valence-corrected chi connectivity index (χ4v) is 4.64. The summed E-state index contributed by atoms with van der Waals surface area (Å²) in [5.41, 5.74) is 0.490. The molecule has 2 aromatic rings. The van der Waals surface area contributed by atoms with Crippen LogP contribution >= 0.6 is 50.5 Å². The number of hydrogen-bond acceptors (Lipinski definition) is 3. The second kappa shape index (κ2) is 8.74. The van der Waals surface area contributed by atoms with Crippen molar-refractivity contribution in [3.8, 4) is 0 Å². The molecule has 8 heteroatoms. The molecule has 0 spiro atoms. The first kappa shape index (κ1) is 19.7. The summed E-state index contributed by atoms with van der Waals surface area (Å²) in [4.78, 5) is 28.0. The predicted molar refractivity (Wildman–Crippen MR) is 109 cm³/mol. The molecule has 0 bridgehead atoms. The second-order valence-electron chi connectivity index (χ2n) is 6.17. The van der Waals surface area contributed by atoms with Gasteiger partial charge in [0.25, 0.3) is 5.91 Å². The molecule has 4 nitrogen and oxygen atoms in total. The van der Waals surface area contributed by atoms with Gasteiger partial charge in [-0.25, -0.2) is 0 Å². The smallest absolute Gasteiger partial charge is 0.253 e. The Morgan fingerprint density at radius 2 is 2.08 bits per heavy atom. The van der Waals surface area contributed by atoms with E-state index in [9.17, 15) is 9.59 Å². The quantitative estimate of drug-likeness (QED) is 0.677. The summed E-state index contributed by atoms with van der Waals surface area (Å²) in [5.74, 6) is -0.330. The number of halogens is 3. The molecular weight excluding hydrogens is 459 g/mol. The van der Waals surface area contributed by atoms with Gasteiger partial charge in [0.2, 0.25) is 5.91 Å². The van der Waals surface area contributed by atoms with Gasteiger partial charge in [-0.1, -0.05) is 23.2 Å². The van der Waals surface area contributed by atoms with E-state index in [-0.39, 0.29) is 17.7 Å². The van der Waals surface area contributed by atoms with Crippen molar-refractivity contribution in [3.05, 3.63) is 54.6 Å². The molecule has 138 valence electrons. The van der Waals surface area contributed by atoms with Gasteiger partial charge in [0.1, 0.15) is 0 Å². The number of piperidine rings is 1. The molecule has 1 unspecified atom stereocenters. The summed E-state index contributed by atoms with van der Waals surface area (Å²) in [6.07, 6.45) is 1.58. The Hall–Kier alpha value is -1.08. The molecule has 1 N–H and O–H groups in total. The number of hydrogen-bond donors (Lipinski definition) is 1. The predicted octanol–water partition coefficient (Wildman–Crippen LogP) is 4.99. The molecule has 1 saturated heterocycles. The van der Waals surface area contributed by atoms with Crippen LogP contribution in [0.5, 0.6) is 0 Å². The van der Waals surface area contributed by atoms with Crippen LogP contribution in [0.15, 0.2) is 34.1 Å². The topological polar surface area (TPSA) is 49.4 Å². The Balaban J connectivity index is 1.60. The standard InChI is InChI=1S/C18H17BrCl2N2O2S/c19-13-7-14(26-10-13)8-22-17(24)12-2-1-5-23(9-12)18(25)11-3-4-15(20)16(21)6-11/h3-4,6-7,10,12H,1-2,5,8-9H2,(H,22,24). The van der Waals surface area contributed by atoms with Crippen LogP contribution < -0.4 is 5.32 Å². The zero-order valence-corrected chi connectivity index (χ0v) is 17.7. The number of likely N-dealkylation sites (tertiary alicyclic amines) is 1. The minimum Gasteiger partial charge on any atom is -0.351 e. The van der Waals surface area contributed by atoms with Gasteiger partial charge in [-0.2, -0.15) is 0 Å². The lowest BCUT2D eigenvalue weighted by atomic mass is 9.96. The molecule has 1 aromatic carbocycles. The van der Waals surface area contributed by atoms with Gasteiger partial charge in [-0.15, -0.1) is 11.3 Å². The van der Waals surface area contributed by atoms with Crippen LogP contribution in [0.4, 0.5) is 0 Å². The lowest BCUT2D eigenvalue weighted by molar-refractivity contribution is -0.126. The molecule has 0 radical (unpaired) electrons. The number of thiophene rings is 1. The number of nitrogens with zero attached hydrogens (tertiary/aromatic N) is 1. The Bertz CT molecular complexity index is 827. The summed E-state index contributed by atoms with van der Waals surface area (Å²) in [6.45, 7) is 1.56. The first-order valence-electron chi connectivity index (χ1n) is 8.19. The normalized spacial score (nSPS) is 17.2. The Labute approximate surface area is 174 Å². The zero-order chi connectivity index (χ0) is 18.7. The van der Waals surface area contributed by atoms with Crippen LogP contribution in [0.25, 0.3) is 0 Å². The average Bonchev–Trinajstić information content (AvgIpc) is 3.07. The largest absolute Gasteiger partial charge is 0.351 e. The Morgan fingerprint density at radius 3 is 2.77 bits per heavy atom. The van der Waals surface area contributed by atoms with Gasteiger partial charge in [-0.05, 0) is 53.0 Å². The van der Waals surface area contributed by atoms with Gasteiger partial charge in [0.15, 0.2) is 0 Å². The molecule has 0 saturated carbocycles. The van der Waals surface area contributed by atoms with E-state index in [1.165, 1.54) is 0 Å². The lowest BCUT2D eigenvalue weighted by Gasteiger charge is -2.32. The van der Waals surface area contributed by atoms with Crippen LogP contribution in [-0.2, 0) is 11.3 Å². The van der Waals surface area contributed by atoms with Crippen LogP contribution in [0, 0.1) is 5.92 Å². The number of nitrogens with one attached hydrogen (secondary N) is 1. The first-order chi connectivity index (χ1) is 12.4. The van der Waals surface area contributed by atoms with Gasteiger partial charge < -0.3 is 10.2 Å². The van der Waals surface area contributed by atoms with Gasteiger partial charge in [0, 0.05) is 33.4 Å². The van der Waals surface area contributed by atoms with Crippen molar-refractivity contribution in [2.24, 2.45) is 5.92 Å². The van der Waals surface area contributed by atoms with E-state index in [1.54, 1.807) is 34.4 Å². The minimum absolute atomic E-state index is 0.0128. The summed E-state index contributed by atoms with van der Waals surface area (Å²) in [7, 11) is 0. The van der Waals surface area contributed by atoms with Crippen LogP contribution in [-0.4, -0.2) is 29.8 Å². The summed E-state index contributed by atoms with van der Waals surface area (Å²) >= 11 is 16.9. The van der Waals surface area contributed by atoms with Gasteiger partial charge >= 0.3 is 0 Å². The van der Waals surface area contributed by atoms with E-state index in [0.29, 0.717) is 35.2 Å². The summed E-state index contributed by atoms with van der Waals surface area (Å²) in [6, 6.07) is 6.84. The van der Waals surface area contributed by atoms with Crippen molar-refractivity contribution in [1.29, 1.82) is 0 Å². The molecular formula is C18H17BrCl2N2O2S. The fraction of sp³-hybridized carbons (Fsp3) is 0.333. The van der Waals surface area contributed by atoms with E-state index >= 15 is 0 Å². The highest BCUT2D eigenvalue weighted by Gasteiger charge is 2.29. The third-order valence-corrected chi connectivity index (χ3v) is 6.74. The van der Waals surface area contributed by atoms with E-state index in [2.05, 4.69) is 21.2 Å². The molecule has 2 heterocycles. The maximum Gasteiger partial charge on any atom is 0.253 e. The Kier molecular flexibility index (Phi) is 6.61. The summed E-state index contributed by atoms with van der Waals surface area (Å²) < 4.78 is 1.02. The first-order valence-corrected chi connectivity index (χ1v) is 10.6. The number of carbonyl (C=O) groups excluding carboxylic acids is 2. The summed E-state index contributed by atoms with van der Waals surface area (Å²) in [5, 5.41) is 5.73. The monoisotopic (exact) mass is 474 g/mol. The van der Waals surface area contributed by atoms with Crippen LogP contribution in [0.1, 0.15) is 28.1 Å². The highest BCUT2D eigenvalue weighted by Crippen LogP contribution is 2.25. The lowest BCUT2D eigenvalue weighted by Crippen LogP contribution is -2.45. The van der Waals surface area contributed by atoms with Crippen molar-refractivity contribution in [3.63, 3.8) is 0 Å². The van der Waals surface area contributed by atoms with E-state index in [4.69, 9.17) is 23.2 Å². The van der Waals surface area contributed by atoms with E-state index in [1.807, 2.05) is 11.4 Å². The second-order valence-corrected chi connectivity index (χ2v) is 8.89. The molecule has 2 amide bonds. The maximum atomic E-state index is 12.7. The molecule has 1 fully saturated rings. The number of carbonyl (C=O) groups is 2. The van der Waals surface area contributed by atoms with Crippen molar-refractivity contribution in [2.45, 2.75) is 19.4 Å². The number of amides is 2. The molecule has 1 atom stereocenters. The van der Waals surface area contributed by atoms with Crippen molar-refractivity contribution < 1.29 is 9.59 Å². The molecule has 0 aliphatic carbocycles. The van der Waals surface area contributed by atoms with Crippen molar-refractivity contribution in [2.75, 3.05) is 13.1 Å². The van der Waals surface area contributed by atoms with Crippen LogP contribution in [0.3, 0.4) is 0 Å². The van der Waals surface area contributed by atoms with Crippen LogP contribution in [0.2, 0.25) is 10.0 Å².